The minimum absolute atomic E-state index is 0. The summed E-state index contributed by atoms with van der Waals surface area (Å²) in [6.45, 7) is 2.11. The summed E-state index contributed by atoms with van der Waals surface area (Å²) in [5, 5.41) is 2.21. The number of pyridine rings is 1. The second kappa shape index (κ2) is 13.9. The van der Waals surface area contributed by atoms with Crippen LogP contribution in [0.2, 0.25) is 0 Å². The Morgan fingerprint density at radius 1 is 0.621 bits per heavy atom. The van der Waals surface area contributed by atoms with Crippen molar-refractivity contribution in [2.45, 2.75) is 25.2 Å². The van der Waals surface area contributed by atoms with Crippen LogP contribution < -0.4 is 0 Å². The van der Waals surface area contributed by atoms with Crippen molar-refractivity contribution in [1.29, 1.82) is 0 Å². The molecular weight excluding hydrogens is 888 g/mol. The van der Waals surface area contributed by atoms with Crippen molar-refractivity contribution in [3.8, 4) is 33.8 Å². The maximum Gasteiger partial charge on any atom is 0.188 e. The van der Waals surface area contributed by atoms with Gasteiger partial charge >= 0.3 is 0 Å². The fourth-order valence-corrected chi connectivity index (χ4v) is 9.40. The van der Waals surface area contributed by atoms with Crippen LogP contribution in [0.15, 0.2) is 176 Å². The van der Waals surface area contributed by atoms with E-state index in [0.717, 1.165) is 77.8 Å². The van der Waals surface area contributed by atoms with Crippen LogP contribution in [0.4, 0.5) is 0 Å². The summed E-state index contributed by atoms with van der Waals surface area (Å²) in [5.74, 6) is 1.19. The molecule has 4 nitrogen and oxygen atoms in total. The Morgan fingerprint density at radius 2 is 1.28 bits per heavy atom. The first-order valence-electron chi connectivity index (χ1n) is 21.0. The molecule has 10 aromatic rings. The molecule has 1 aliphatic carbocycles. The van der Waals surface area contributed by atoms with Gasteiger partial charge in [0.2, 0.25) is 0 Å². The molecule has 3 aromatic heterocycles. The van der Waals surface area contributed by atoms with Gasteiger partial charge in [0.05, 0.1) is 0 Å². The number of hydrogen-bond donors (Lipinski definition) is 0. The average Bonchev–Trinajstić information content (AvgIpc) is 3.94. The first-order chi connectivity index (χ1) is 29.2. The van der Waals surface area contributed by atoms with Crippen LogP contribution in [0.25, 0.3) is 66.6 Å². The molecule has 5 heteroatoms. The summed E-state index contributed by atoms with van der Waals surface area (Å²) in [4.78, 5) is 5.04. The number of aryl methyl sites for hydroxylation is 1. The van der Waals surface area contributed by atoms with Crippen molar-refractivity contribution in [3.05, 3.63) is 216 Å². The van der Waals surface area contributed by atoms with E-state index in [2.05, 4.69) is 164 Å². The third kappa shape index (κ3) is 5.25. The fraction of sp³-hybridized carbons (Fsp3) is 0.0943. The van der Waals surface area contributed by atoms with Crippen LogP contribution in [-0.2, 0) is 33.5 Å². The van der Waals surface area contributed by atoms with E-state index in [0.29, 0.717) is 11.4 Å². The van der Waals surface area contributed by atoms with Crippen molar-refractivity contribution in [1.82, 2.24) is 18.7 Å². The largest absolute Gasteiger partial charge is 0.319 e. The third-order valence-electron chi connectivity index (χ3n) is 11.9. The molecule has 1 aliphatic rings. The minimum atomic E-state index is -2.36. The van der Waals surface area contributed by atoms with E-state index in [1.807, 2.05) is 41.1 Å². The Kier molecular flexibility index (Phi) is 7.86. The molecule has 0 atom stereocenters. The maximum atomic E-state index is 8.34. The van der Waals surface area contributed by atoms with E-state index >= 15 is 0 Å². The third-order valence-corrected chi connectivity index (χ3v) is 11.9. The Balaban J connectivity index is 0.00000445. The number of imidazole rings is 1. The van der Waals surface area contributed by atoms with Crippen molar-refractivity contribution >= 4 is 32.8 Å². The van der Waals surface area contributed by atoms with E-state index in [9.17, 15) is 0 Å². The zero-order valence-corrected chi connectivity index (χ0v) is 34.2. The fourth-order valence-electron chi connectivity index (χ4n) is 9.40. The van der Waals surface area contributed by atoms with Crippen LogP contribution in [-0.4, -0.2) is 18.7 Å². The van der Waals surface area contributed by atoms with E-state index in [4.69, 9.17) is 9.10 Å². The molecule has 11 rings (SSSR count). The Bertz CT molecular complexity index is 3280. The molecule has 0 spiro atoms. The summed E-state index contributed by atoms with van der Waals surface area (Å²) >= 11 is 0. The number of benzene rings is 7. The topological polar surface area (TPSA) is 27.7 Å². The number of aromatic nitrogens is 4. The zero-order valence-electron chi connectivity index (χ0n) is 34.9. The van der Waals surface area contributed by atoms with Gasteiger partial charge in [-0.05, 0) is 80.6 Å². The summed E-state index contributed by atoms with van der Waals surface area (Å²) in [6, 6.07) is 65.0. The number of para-hydroxylation sites is 3. The summed E-state index contributed by atoms with van der Waals surface area (Å²) in [7, 11) is 0. The predicted octanol–water partition coefficient (Wildman–Crippen LogP) is 12.5. The molecule has 3 heterocycles. The number of hydrogen-bond acceptors (Lipinski definition) is 1. The van der Waals surface area contributed by atoms with Gasteiger partial charge in [-0.3, -0.25) is 0 Å². The van der Waals surface area contributed by atoms with Gasteiger partial charge in [0.15, 0.2) is 17.4 Å². The van der Waals surface area contributed by atoms with Crippen LogP contribution >= 0.6 is 0 Å². The first kappa shape index (κ1) is 32.7. The zero-order chi connectivity index (χ0) is 40.8. The molecule has 282 valence electrons. The average molecular weight is 930 g/mol. The van der Waals surface area contributed by atoms with Gasteiger partial charge < -0.3 is 4.57 Å². The van der Waals surface area contributed by atoms with Crippen molar-refractivity contribution in [2.24, 2.45) is 6.98 Å². The molecule has 0 bridgehead atoms. The Labute approximate surface area is 357 Å². The van der Waals surface area contributed by atoms with Crippen molar-refractivity contribution in [2.75, 3.05) is 0 Å². The standard InChI is InChI=1S/C53H39N4.Pt/c1-35(2)40-17-4-5-18-41(40)36-29-30-54-52(31-36)57-48-24-11-8-21-44(48)45-28-27-38(33-51(45)57)53(46-22-9-6-19-42(46)43-20-7-10-23-47(43)53)37-15-14-16-39(32-37)56-34-55(3)49-25-12-13-26-50(49)56;/h4-31,34-35H,1-3H3;/q-1;/i3D3;. The van der Waals surface area contributed by atoms with Gasteiger partial charge in [0.25, 0.3) is 0 Å². The molecule has 0 fully saturated rings. The van der Waals surface area contributed by atoms with Gasteiger partial charge in [-0.15, -0.1) is 22.6 Å². The molecule has 0 saturated carbocycles. The second-order valence-electron chi connectivity index (χ2n) is 15.3. The first-order valence-corrected chi connectivity index (χ1v) is 19.5. The predicted molar refractivity (Wildman–Crippen MR) is 233 cm³/mol. The monoisotopic (exact) mass is 929 g/mol. The second-order valence-corrected chi connectivity index (χ2v) is 15.3. The molecule has 7 aromatic carbocycles. The molecule has 0 saturated heterocycles. The molecular formula is C53H39N4Pt-. The SMILES string of the molecule is [2H]C([2H])([2H])n1[cH+]n(-c2[c-]c(C3(c4[c-]c5c(cc4)c4ccccc4n5-c4cc(-c5ccccc5C(C)C)ccn4)c4ccccc4-c4ccccc43)ccc2)c2ccccc21.[Pt]. The molecule has 0 unspecified atom stereocenters. The summed E-state index contributed by atoms with van der Waals surface area (Å²) in [6.07, 6.45) is 3.59. The molecule has 58 heavy (non-hydrogen) atoms. The Morgan fingerprint density at radius 3 is 2.03 bits per heavy atom. The summed E-state index contributed by atoms with van der Waals surface area (Å²) < 4.78 is 30.6. The smallest absolute Gasteiger partial charge is 0.188 e. The molecule has 0 radical (unpaired) electrons. The quantitative estimate of drug-likeness (QED) is 0.153. The molecule has 0 amide bonds. The van der Waals surface area contributed by atoms with Crippen LogP contribution in [0.1, 0.15) is 51.7 Å². The van der Waals surface area contributed by atoms with E-state index in [-0.39, 0.29) is 21.1 Å². The Hall–Kier alpha value is -6.35. The number of rotatable bonds is 6. The van der Waals surface area contributed by atoms with Crippen LogP contribution in [0, 0.1) is 12.1 Å². The maximum absolute atomic E-state index is 8.34. The van der Waals surface area contributed by atoms with E-state index in [1.165, 1.54) is 15.7 Å². The van der Waals surface area contributed by atoms with Gasteiger partial charge in [0.1, 0.15) is 5.82 Å². The summed E-state index contributed by atoms with van der Waals surface area (Å²) in [5.41, 5.74) is 13.4. The number of nitrogens with zero attached hydrogens (tertiary/aromatic N) is 4. The van der Waals surface area contributed by atoms with Crippen LogP contribution in [0.5, 0.6) is 0 Å². The minimum Gasteiger partial charge on any atom is -0.319 e. The van der Waals surface area contributed by atoms with Gasteiger partial charge in [-0.25, -0.2) is 14.1 Å². The van der Waals surface area contributed by atoms with Crippen molar-refractivity contribution < 1.29 is 25.2 Å². The van der Waals surface area contributed by atoms with E-state index < -0.39 is 12.4 Å². The molecule has 0 N–H and O–H groups in total. The van der Waals surface area contributed by atoms with Gasteiger partial charge in [-0.2, -0.15) is 30.3 Å². The van der Waals surface area contributed by atoms with Gasteiger partial charge in [-0.1, -0.05) is 116 Å². The number of fused-ring (bicyclic) bond motifs is 7. The van der Waals surface area contributed by atoms with E-state index in [1.54, 1.807) is 6.33 Å². The van der Waals surface area contributed by atoms with Gasteiger partial charge in [0, 0.05) is 67.1 Å². The van der Waals surface area contributed by atoms with Crippen molar-refractivity contribution in [3.63, 3.8) is 0 Å². The molecule has 0 aliphatic heterocycles. The normalized spacial score (nSPS) is 13.9. The van der Waals surface area contributed by atoms with Crippen LogP contribution in [0.3, 0.4) is 0 Å².